The van der Waals surface area contributed by atoms with Crippen LogP contribution in [0.3, 0.4) is 0 Å². The highest BCUT2D eigenvalue weighted by molar-refractivity contribution is 7.90. The third-order valence-corrected chi connectivity index (χ3v) is 7.24. The molecule has 1 spiro atoms. The molecule has 8 heteroatoms. The van der Waals surface area contributed by atoms with E-state index in [1.54, 1.807) is 42.6 Å². The molecule has 7 nitrogen and oxygen atoms in total. The summed E-state index contributed by atoms with van der Waals surface area (Å²) >= 11 is 0. The number of nitrogens with zero attached hydrogens (tertiary/aromatic N) is 2. The lowest BCUT2D eigenvalue weighted by molar-refractivity contribution is -0.131. The molecule has 0 unspecified atom stereocenters. The minimum absolute atomic E-state index is 0.0865. The van der Waals surface area contributed by atoms with Gasteiger partial charge in [0.2, 0.25) is 5.91 Å². The molecule has 0 aliphatic carbocycles. The molecule has 1 aromatic carbocycles. The van der Waals surface area contributed by atoms with Crippen molar-refractivity contribution < 1.29 is 13.2 Å². The Morgan fingerprint density at radius 3 is 2.44 bits per heavy atom. The number of hydrogen-bond acceptors (Lipinski definition) is 5. The van der Waals surface area contributed by atoms with Crippen LogP contribution in [0.15, 0.2) is 53.6 Å². The predicted octanol–water partition coefficient (Wildman–Crippen LogP) is 0.779. The van der Waals surface area contributed by atoms with Crippen LogP contribution in [0.25, 0.3) is 0 Å². The number of piperidine rings is 1. The summed E-state index contributed by atoms with van der Waals surface area (Å²) in [4.78, 5) is 14.8. The van der Waals surface area contributed by atoms with E-state index in [1.165, 1.54) is 3.97 Å². The van der Waals surface area contributed by atoms with Gasteiger partial charge in [-0.2, -0.15) is 0 Å². The number of amides is 1. The van der Waals surface area contributed by atoms with Gasteiger partial charge in [0.1, 0.15) is 5.54 Å². The number of likely N-dealkylation sites (tertiary alicyclic amines) is 1. The summed E-state index contributed by atoms with van der Waals surface area (Å²) in [5.41, 5.74) is 0.267. The van der Waals surface area contributed by atoms with E-state index in [2.05, 4.69) is 15.5 Å². The molecule has 0 saturated carbocycles. The predicted molar refractivity (Wildman–Crippen MR) is 102 cm³/mol. The van der Waals surface area contributed by atoms with Crippen molar-refractivity contribution in [3.05, 3.63) is 54.4 Å². The van der Waals surface area contributed by atoms with Gasteiger partial charge < -0.3 is 10.6 Å². The summed E-state index contributed by atoms with van der Waals surface area (Å²) in [5.74, 6) is 0.0865. The van der Waals surface area contributed by atoms with Gasteiger partial charge in [0.15, 0.2) is 0 Å². The van der Waals surface area contributed by atoms with Crippen molar-refractivity contribution >= 4 is 15.9 Å². The van der Waals surface area contributed by atoms with Gasteiger partial charge in [-0.15, -0.1) is 0 Å². The zero-order valence-corrected chi connectivity index (χ0v) is 15.9. The number of nitrogens with one attached hydrogen (secondary N) is 2. The number of hydrogen-bond donors (Lipinski definition) is 2. The Hall–Kier alpha value is -2.16. The Morgan fingerprint density at radius 1 is 1.00 bits per heavy atom. The van der Waals surface area contributed by atoms with Crippen molar-refractivity contribution in [2.75, 3.05) is 26.2 Å². The fourth-order valence-corrected chi connectivity index (χ4v) is 5.30. The van der Waals surface area contributed by atoms with Crippen molar-refractivity contribution in [1.29, 1.82) is 0 Å². The van der Waals surface area contributed by atoms with Crippen LogP contribution in [-0.2, 0) is 21.4 Å². The topological polar surface area (TPSA) is 83.4 Å². The second kappa shape index (κ2) is 7.10. The Balaban J connectivity index is 1.48. The molecular formula is C19H24N4O3S. The Morgan fingerprint density at radius 2 is 1.74 bits per heavy atom. The van der Waals surface area contributed by atoms with E-state index in [1.807, 2.05) is 6.07 Å². The average Bonchev–Trinajstić information content (AvgIpc) is 3.16. The molecule has 2 saturated heterocycles. The number of rotatable bonds is 4. The Bertz CT molecular complexity index is 915. The zero-order chi connectivity index (χ0) is 18.9. The van der Waals surface area contributed by atoms with Crippen molar-refractivity contribution in [2.24, 2.45) is 0 Å². The van der Waals surface area contributed by atoms with Crippen LogP contribution in [0.4, 0.5) is 0 Å². The first kappa shape index (κ1) is 18.2. The molecule has 4 rings (SSSR count). The van der Waals surface area contributed by atoms with Gasteiger partial charge in [-0.05, 0) is 37.1 Å². The van der Waals surface area contributed by atoms with Crippen LogP contribution >= 0.6 is 0 Å². The maximum atomic E-state index is 12.9. The van der Waals surface area contributed by atoms with E-state index in [9.17, 15) is 13.2 Å². The van der Waals surface area contributed by atoms with E-state index < -0.39 is 15.6 Å². The van der Waals surface area contributed by atoms with Crippen LogP contribution in [0.5, 0.6) is 0 Å². The fourth-order valence-electron chi connectivity index (χ4n) is 3.92. The highest BCUT2D eigenvalue weighted by atomic mass is 32.2. The monoisotopic (exact) mass is 388 g/mol. The van der Waals surface area contributed by atoms with Crippen molar-refractivity contribution in [2.45, 2.75) is 29.8 Å². The molecule has 0 bridgehead atoms. The lowest BCUT2D eigenvalue weighted by Crippen LogP contribution is -2.66. The molecule has 3 heterocycles. The lowest BCUT2D eigenvalue weighted by atomic mass is 9.85. The minimum atomic E-state index is -3.60. The summed E-state index contributed by atoms with van der Waals surface area (Å²) in [6, 6.07) is 12.1. The molecule has 1 aromatic heterocycles. The van der Waals surface area contributed by atoms with Crippen LogP contribution < -0.4 is 10.6 Å². The van der Waals surface area contributed by atoms with Gasteiger partial charge in [-0.25, -0.2) is 12.4 Å². The number of aromatic nitrogens is 1. The normalized spacial score (nSPS) is 20.5. The Labute approximate surface area is 159 Å². The van der Waals surface area contributed by atoms with Crippen LogP contribution in [0.2, 0.25) is 0 Å². The number of benzene rings is 1. The summed E-state index contributed by atoms with van der Waals surface area (Å²) in [6.45, 7) is 3.50. The van der Waals surface area contributed by atoms with Crippen LogP contribution in [0.1, 0.15) is 18.5 Å². The van der Waals surface area contributed by atoms with E-state index in [-0.39, 0.29) is 10.8 Å². The second-order valence-corrected chi connectivity index (χ2v) is 8.97. The molecule has 1 amide bonds. The number of carbonyl (C=O) groups excluding carboxylic acids is 1. The van der Waals surface area contributed by atoms with Gasteiger partial charge in [0, 0.05) is 44.6 Å². The highest BCUT2D eigenvalue weighted by Gasteiger charge is 2.42. The van der Waals surface area contributed by atoms with Gasteiger partial charge in [0.25, 0.3) is 10.0 Å². The maximum Gasteiger partial charge on any atom is 0.267 e. The van der Waals surface area contributed by atoms with Gasteiger partial charge in [-0.1, -0.05) is 18.2 Å². The van der Waals surface area contributed by atoms with Crippen molar-refractivity contribution in [3.63, 3.8) is 0 Å². The summed E-state index contributed by atoms with van der Waals surface area (Å²) in [5, 5.41) is 6.33. The third-order valence-electron chi connectivity index (χ3n) is 5.50. The molecule has 27 heavy (non-hydrogen) atoms. The van der Waals surface area contributed by atoms with Crippen LogP contribution in [-0.4, -0.2) is 54.9 Å². The van der Waals surface area contributed by atoms with Gasteiger partial charge in [-0.3, -0.25) is 9.69 Å². The maximum absolute atomic E-state index is 12.9. The molecule has 2 aliphatic rings. The highest BCUT2D eigenvalue weighted by Crippen LogP contribution is 2.26. The van der Waals surface area contributed by atoms with E-state index in [4.69, 9.17) is 0 Å². The number of piperazine rings is 1. The smallest absolute Gasteiger partial charge is 0.267 e. The van der Waals surface area contributed by atoms with Crippen LogP contribution in [0, 0.1) is 0 Å². The van der Waals surface area contributed by atoms with Crippen molar-refractivity contribution in [1.82, 2.24) is 19.5 Å². The molecule has 2 aromatic rings. The first-order valence-corrected chi connectivity index (χ1v) is 10.7. The molecule has 144 valence electrons. The molecule has 0 atom stereocenters. The summed E-state index contributed by atoms with van der Waals surface area (Å²) < 4.78 is 27.2. The van der Waals surface area contributed by atoms with Gasteiger partial charge >= 0.3 is 0 Å². The van der Waals surface area contributed by atoms with Gasteiger partial charge in [0.05, 0.1) is 4.90 Å². The molecular weight excluding hydrogens is 364 g/mol. The average molecular weight is 388 g/mol. The first-order valence-electron chi connectivity index (χ1n) is 9.24. The fraction of sp³-hybridized carbons (Fsp3) is 0.421. The summed E-state index contributed by atoms with van der Waals surface area (Å²) in [6.07, 6.45) is 3.05. The molecule has 0 radical (unpaired) electrons. The van der Waals surface area contributed by atoms with E-state index in [0.717, 1.165) is 38.2 Å². The van der Waals surface area contributed by atoms with E-state index >= 15 is 0 Å². The quantitative estimate of drug-likeness (QED) is 0.809. The van der Waals surface area contributed by atoms with Crippen molar-refractivity contribution in [3.8, 4) is 0 Å². The first-order chi connectivity index (χ1) is 13.0. The second-order valence-electron chi connectivity index (χ2n) is 7.15. The molecule has 2 N–H and O–H groups in total. The largest absolute Gasteiger partial charge is 0.353 e. The minimum Gasteiger partial charge on any atom is -0.353 e. The SMILES string of the molecule is O=C1NCCNC12CCN(Cc1cccn1S(=O)(=O)c1ccccc1)CC2. The molecule has 2 fully saturated rings. The zero-order valence-electron chi connectivity index (χ0n) is 15.1. The summed E-state index contributed by atoms with van der Waals surface area (Å²) in [7, 11) is -3.60. The lowest BCUT2D eigenvalue weighted by Gasteiger charge is -2.43. The van der Waals surface area contributed by atoms with E-state index in [0.29, 0.717) is 13.1 Å². The molecule has 2 aliphatic heterocycles. The Kier molecular flexibility index (Phi) is 4.79. The standard InChI is InChI=1S/C19H24N4O3S/c24-18-19(21-11-10-20-18)8-13-22(14-9-19)15-16-5-4-12-23(16)27(25,26)17-6-2-1-3-7-17/h1-7,12,21H,8-11,13-15H2,(H,20,24). The third kappa shape index (κ3) is 3.40. The number of carbonyl (C=O) groups is 1.